The highest BCUT2D eigenvalue weighted by Crippen LogP contribution is 2.21. The molecule has 1 N–H and O–H groups in total. The molecule has 40 heavy (non-hydrogen) atoms. The fourth-order valence-corrected chi connectivity index (χ4v) is 4.21. The SMILES string of the molecule is N#Cc1ccc(Oc2ccc(NC(=O)c3ccc(C(=O)N4CCN(Cc5ccc(F)cc5)CC4)nc3)cn2)cc1. The molecule has 0 bridgehead atoms. The van der Waals surface area contributed by atoms with Gasteiger partial charge in [0.15, 0.2) is 0 Å². The minimum Gasteiger partial charge on any atom is -0.439 e. The zero-order valence-electron chi connectivity index (χ0n) is 21.5. The van der Waals surface area contributed by atoms with Gasteiger partial charge in [0.05, 0.1) is 29.1 Å². The van der Waals surface area contributed by atoms with Crippen LogP contribution in [-0.2, 0) is 6.54 Å². The molecule has 1 aliphatic heterocycles. The van der Waals surface area contributed by atoms with Crippen LogP contribution in [0.2, 0.25) is 0 Å². The molecule has 0 unspecified atom stereocenters. The van der Waals surface area contributed by atoms with Crippen molar-refractivity contribution in [3.63, 3.8) is 0 Å². The number of carbonyl (C=O) groups is 2. The molecule has 4 aromatic rings. The van der Waals surface area contributed by atoms with E-state index < -0.39 is 0 Å². The summed E-state index contributed by atoms with van der Waals surface area (Å²) in [4.78, 5) is 38.0. The van der Waals surface area contributed by atoms with Gasteiger partial charge in [0.2, 0.25) is 5.88 Å². The Bertz CT molecular complexity index is 1510. The molecule has 9 nitrogen and oxygen atoms in total. The van der Waals surface area contributed by atoms with Gasteiger partial charge in [0, 0.05) is 45.0 Å². The number of hydrogen-bond donors (Lipinski definition) is 1. The van der Waals surface area contributed by atoms with Gasteiger partial charge in [0.1, 0.15) is 17.3 Å². The molecular formula is C30H25FN6O3. The Hall–Kier alpha value is -5.14. The molecule has 10 heteroatoms. The summed E-state index contributed by atoms with van der Waals surface area (Å²) in [7, 11) is 0. The number of pyridine rings is 2. The van der Waals surface area contributed by atoms with Crippen LogP contribution < -0.4 is 10.1 Å². The van der Waals surface area contributed by atoms with Gasteiger partial charge in [-0.15, -0.1) is 0 Å². The van der Waals surface area contributed by atoms with Crippen LogP contribution in [0.3, 0.4) is 0 Å². The largest absolute Gasteiger partial charge is 0.439 e. The molecule has 0 spiro atoms. The van der Waals surface area contributed by atoms with Crippen LogP contribution in [-0.4, -0.2) is 57.8 Å². The van der Waals surface area contributed by atoms with Crippen LogP contribution in [0.1, 0.15) is 32.0 Å². The summed E-state index contributed by atoms with van der Waals surface area (Å²) < 4.78 is 18.8. The number of hydrogen-bond acceptors (Lipinski definition) is 7. The van der Waals surface area contributed by atoms with Gasteiger partial charge in [-0.2, -0.15) is 5.26 Å². The summed E-state index contributed by atoms with van der Waals surface area (Å²) in [5.41, 5.74) is 2.60. The molecule has 0 saturated carbocycles. The minimum absolute atomic E-state index is 0.185. The molecule has 3 heterocycles. The quantitative estimate of drug-likeness (QED) is 0.370. The number of nitriles is 1. The molecule has 1 fully saturated rings. The lowest BCUT2D eigenvalue weighted by atomic mass is 10.2. The van der Waals surface area contributed by atoms with E-state index in [-0.39, 0.29) is 23.3 Å². The van der Waals surface area contributed by atoms with Gasteiger partial charge in [-0.05, 0) is 60.2 Å². The van der Waals surface area contributed by atoms with Crippen LogP contribution in [0.4, 0.5) is 10.1 Å². The molecule has 2 aromatic carbocycles. The summed E-state index contributed by atoms with van der Waals surface area (Å²) >= 11 is 0. The number of nitrogens with one attached hydrogen (secondary N) is 1. The first kappa shape index (κ1) is 26.5. The van der Waals surface area contributed by atoms with Crippen LogP contribution in [0, 0.1) is 17.1 Å². The summed E-state index contributed by atoms with van der Waals surface area (Å²) in [5, 5.41) is 11.6. The summed E-state index contributed by atoms with van der Waals surface area (Å²) in [6.45, 7) is 3.22. The fraction of sp³-hybridized carbons (Fsp3) is 0.167. The highest BCUT2D eigenvalue weighted by atomic mass is 19.1. The number of amides is 2. The van der Waals surface area contributed by atoms with E-state index in [1.54, 1.807) is 65.6 Å². The van der Waals surface area contributed by atoms with E-state index in [9.17, 15) is 14.0 Å². The van der Waals surface area contributed by atoms with Crippen molar-refractivity contribution in [3.8, 4) is 17.7 Å². The normalized spacial score (nSPS) is 13.3. The first-order valence-corrected chi connectivity index (χ1v) is 12.6. The zero-order chi connectivity index (χ0) is 27.9. The third kappa shape index (κ3) is 6.64. The Labute approximate surface area is 230 Å². The number of ether oxygens (including phenoxy) is 1. The molecule has 0 radical (unpaired) electrons. The maximum absolute atomic E-state index is 13.1. The van der Waals surface area contributed by atoms with Crippen LogP contribution in [0.15, 0.2) is 85.2 Å². The van der Waals surface area contributed by atoms with Crippen molar-refractivity contribution in [3.05, 3.63) is 113 Å². The van der Waals surface area contributed by atoms with Crippen molar-refractivity contribution in [1.29, 1.82) is 5.26 Å². The van der Waals surface area contributed by atoms with E-state index in [2.05, 4.69) is 20.2 Å². The Kier molecular flexibility index (Phi) is 8.04. The lowest BCUT2D eigenvalue weighted by Gasteiger charge is -2.34. The van der Waals surface area contributed by atoms with Crippen molar-refractivity contribution >= 4 is 17.5 Å². The number of aromatic nitrogens is 2. The lowest BCUT2D eigenvalue weighted by Crippen LogP contribution is -2.48. The van der Waals surface area contributed by atoms with Crippen LogP contribution in [0.25, 0.3) is 0 Å². The maximum Gasteiger partial charge on any atom is 0.272 e. The van der Waals surface area contributed by atoms with E-state index in [0.717, 1.165) is 5.56 Å². The first-order valence-electron chi connectivity index (χ1n) is 12.6. The maximum atomic E-state index is 13.1. The smallest absolute Gasteiger partial charge is 0.272 e. The number of anilines is 1. The van der Waals surface area contributed by atoms with Gasteiger partial charge < -0.3 is 15.0 Å². The molecule has 0 aliphatic carbocycles. The highest BCUT2D eigenvalue weighted by molar-refractivity contribution is 6.04. The number of piperazine rings is 1. The Morgan fingerprint density at radius 2 is 1.65 bits per heavy atom. The highest BCUT2D eigenvalue weighted by Gasteiger charge is 2.23. The number of rotatable bonds is 7. The van der Waals surface area contributed by atoms with E-state index in [0.29, 0.717) is 61.2 Å². The molecule has 1 saturated heterocycles. The third-order valence-electron chi connectivity index (χ3n) is 6.42. The molecule has 1 aliphatic rings. The zero-order valence-corrected chi connectivity index (χ0v) is 21.5. The van der Waals surface area contributed by atoms with Gasteiger partial charge >= 0.3 is 0 Å². The van der Waals surface area contributed by atoms with Crippen molar-refractivity contribution < 1.29 is 18.7 Å². The third-order valence-corrected chi connectivity index (χ3v) is 6.42. The lowest BCUT2D eigenvalue weighted by molar-refractivity contribution is 0.0622. The summed E-state index contributed by atoms with van der Waals surface area (Å²) in [6, 6.07) is 21.5. The molecule has 2 aromatic heterocycles. The van der Waals surface area contributed by atoms with E-state index in [4.69, 9.17) is 10.00 Å². The topological polar surface area (TPSA) is 111 Å². The number of carbonyl (C=O) groups excluding carboxylic acids is 2. The Morgan fingerprint density at radius 1 is 0.900 bits per heavy atom. The molecular weight excluding hydrogens is 511 g/mol. The van der Waals surface area contributed by atoms with E-state index >= 15 is 0 Å². The monoisotopic (exact) mass is 536 g/mol. The number of benzene rings is 2. The van der Waals surface area contributed by atoms with Gasteiger partial charge in [0.25, 0.3) is 11.8 Å². The standard InChI is InChI=1S/C30H25FN6O3/c31-24-6-1-22(2-7-24)20-36-13-15-37(16-14-36)30(39)27-11-5-23(18-33-27)29(38)35-25-8-12-28(34-19-25)40-26-9-3-21(17-32)4-10-26/h1-12,18-19H,13-16,20H2,(H,35,38). The van der Waals surface area contributed by atoms with Gasteiger partial charge in [-0.3, -0.25) is 19.5 Å². The average molecular weight is 537 g/mol. The van der Waals surface area contributed by atoms with Crippen molar-refractivity contribution in [2.45, 2.75) is 6.54 Å². The Balaban J connectivity index is 1.11. The second-order valence-corrected chi connectivity index (χ2v) is 9.20. The predicted molar refractivity (Wildman–Crippen MR) is 145 cm³/mol. The number of nitrogens with zero attached hydrogens (tertiary/aromatic N) is 5. The van der Waals surface area contributed by atoms with Gasteiger partial charge in [-0.1, -0.05) is 12.1 Å². The van der Waals surface area contributed by atoms with E-state index in [1.807, 2.05) is 6.07 Å². The first-order chi connectivity index (χ1) is 19.5. The predicted octanol–water partition coefficient (Wildman–Crippen LogP) is 4.49. The van der Waals surface area contributed by atoms with Crippen LogP contribution in [0.5, 0.6) is 11.6 Å². The second-order valence-electron chi connectivity index (χ2n) is 9.20. The van der Waals surface area contributed by atoms with E-state index in [1.165, 1.54) is 24.5 Å². The second kappa shape index (κ2) is 12.1. The number of halogens is 1. The summed E-state index contributed by atoms with van der Waals surface area (Å²) in [5.74, 6) is 0.0478. The fourth-order valence-electron chi connectivity index (χ4n) is 4.21. The van der Waals surface area contributed by atoms with Crippen molar-refractivity contribution in [1.82, 2.24) is 19.8 Å². The molecule has 5 rings (SSSR count). The van der Waals surface area contributed by atoms with Crippen LogP contribution >= 0.6 is 0 Å². The van der Waals surface area contributed by atoms with Crippen molar-refractivity contribution in [2.24, 2.45) is 0 Å². The Morgan fingerprint density at radius 3 is 2.27 bits per heavy atom. The average Bonchev–Trinajstić information content (AvgIpc) is 3.00. The summed E-state index contributed by atoms with van der Waals surface area (Å²) in [6.07, 6.45) is 2.85. The molecule has 2 amide bonds. The van der Waals surface area contributed by atoms with Crippen molar-refractivity contribution in [2.75, 3.05) is 31.5 Å². The molecule has 0 atom stereocenters. The molecule has 200 valence electrons. The van der Waals surface area contributed by atoms with Gasteiger partial charge in [-0.25, -0.2) is 9.37 Å². The minimum atomic E-state index is -0.386.